The van der Waals surface area contributed by atoms with Gasteiger partial charge in [-0.25, -0.2) is 8.42 Å². The molecule has 0 atom stereocenters. The van der Waals surface area contributed by atoms with Crippen LogP contribution in [-0.4, -0.2) is 21.6 Å². The van der Waals surface area contributed by atoms with Crippen LogP contribution in [0, 0.1) is 0 Å². The Kier molecular flexibility index (Phi) is 5.89. The van der Waals surface area contributed by atoms with E-state index in [1.807, 2.05) is 30.3 Å². The highest BCUT2D eigenvalue weighted by atomic mass is 32.2. The summed E-state index contributed by atoms with van der Waals surface area (Å²) in [5.74, 6) is 0.590. The molecule has 2 aromatic rings. The van der Waals surface area contributed by atoms with Crippen molar-refractivity contribution < 1.29 is 17.9 Å². The van der Waals surface area contributed by atoms with Crippen LogP contribution in [-0.2, 0) is 25.9 Å². The molecule has 0 aromatic heterocycles. The topological polar surface area (TPSA) is 52.6 Å². The first-order valence-corrected chi connectivity index (χ1v) is 9.93. The highest BCUT2D eigenvalue weighted by Crippen LogP contribution is 2.30. The van der Waals surface area contributed by atoms with Crippen molar-refractivity contribution in [3.63, 3.8) is 0 Å². The van der Waals surface area contributed by atoms with E-state index < -0.39 is 9.84 Å². The molecule has 25 heavy (non-hydrogen) atoms. The van der Waals surface area contributed by atoms with Gasteiger partial charge in [0.25, 0.3) is 0 Å². The molecule has 0 spiro atoms. The molecule has 0 N–H and O–H groups in total. The number of hydrogen-bond acceptors (Lipinski definition) is 4. The molecule has 1 aliphatic rings. The Morgan fingerprint density at radius 3 is 2.32 bits per heavy atom. The van der Waals surface area contributed by atoms with Crippen LogP contribution in [0.5, 0.6) is 0 Å². The highest BCUT2D eigenvalue weighted by molar-refractivity contribution is 7.95. The minimum Gasteiger partial charge on any atom is -0.497 e. The predicted molar refractivity (Wildman–Crippen MR) is 96.6 cm³/mol. The summed E-state index contributed by atoms with van der Waals surface area (Å²) < 4.78 is 37.3. The first kappa shape index (κ1) is 17.7. The van der Waals surface area contributed by atoms with Gasteiger partial charge in [-0.3, -0.25) is 0 Å². The molecule has 1 fully saturated rings. The summed E-state index contributed by atoms with van der Waals surface area (Å²) in [6.45, 7) is 1.38. The molecule has 3 rings (SSSR count). The zero-order chi connectivity index (χ0) is 17.5. The van der Waals surface area contributed by atoms with E-state index in [0.717, 1.165) is 12.0 Å². The largest absolute Gasteiger partial charge is 0.497 e. The van der Waals surface area contributed by atoms with E-state index in [0.29, 0.717) is 48.2 Å². The highest BCUT2D eigenvalue weighted by Gasteiger charge is 2.27. The molecule has 0 aliphatic carbocycles. The van der Waals surface area contributed by atoms with Gasteiger partial charge >= 0.3 is 0 Å². The van der Waals surface area contributed by atoms with Crippen LogP contribution in [0.25, 0.3) is 0 Å². The monoisotopic (exact) mass is 358 g/mol. The van der Waals surface area contributed by atoms with E-state index in [-0.39, 0.29) is 0 Å². The molecule has 0 bridgehead atoms. The van der Waals surface area contributed by atoms with E-state index in [1.54, 1.807) is 30.3 Å². The Morgan fingerprint density at radius 2 is 1.68 bits per heavy atom. The third-order valence-corrected chi connectivity index (χ3v) is 6.07. The third-order valence-electron chi connectivity index (χ3n) is 4.10. The van der Waals surface area contributed by atoms with Gasteiger partial charge in [0.15, 0.2) is 0 Å². The minimum atomic E-state index is -3.55. The second-order valence-corrected chi connectivity index (χ2v) is 7.87. The average molecular weight is 358 g/mol. The van der Waals surface area contributed by atoms with E-state index >= 15 is 0 Å². The van der Waals surface area contributed by atoms with E-state index in [9.17, 15) is 8.42 Å². The fourth-order valence-electron chi connectivity index (χ4n) is 2.81. The van der Waals surface area contributed by atoms with Crippen LogP contribution in [0.2, 0.25) is 0 Å². The molecule has 1 saturated heterocycles. The summed E-state index contributed by atoms with van der Waals surface area (Å²) in [4.78, 5) is 0.653. The zero-order valence-corrected chi connectivity index (χ0v) is 14.9. The first-order chi connectivity index (χ1) is 12.2. The molecule has 132 valence electrons. The van der Waals surface area contributed by atoms with Crippen molar-refractivity contribution in [1.82, 2.24) is 0 Å². The Hall–Kier alpha value is -2.11. The number of allylic oxidation sites excluding steroid dienone is 1. The molecule has 0 amide bonds. The minimum absolute atomic E-state index is 0.302. The van der Waals surface area contributed by atoms with Crippen molar-refractivity contribution in [3.05, 3.63) is 76.9 Å². The SMILES string of the molecule is O=S(=O)(/C(CCOCc1ccccc1)=C1\CCCO1)c1ccccc1. The van der Waals surface area contributed by atoms with Crippen molar-refractivity contribution in [2.24, 2.45) is 0 Å². The number of hydrogen-bond donors (Lipinski definition) is 0. The quantitative estimate of drug-likeness (QED) is 0.700. The van der Waals surface area contributed by atoms with E-state index in [4.69, 9.17) is 9.47 Å². The lowest BCUT2D eigenvalue weighted by atomic mass is 10.2. The molecule has 1 aliphatic heterocycles. The normalized spacial score (nSPS) is 16.5. The van der Waals surface area contributed by atoms with Crippen molar-refractivity contribution in [2.45, 2.75) is 30.8 Å². The van der Waals surface area contributed by atoms with Crippen LogP contribution < -0.4 is 0 Å². The Bertz CT molecular complexity index is 803. The molecule has 5 heteroatoms. The summed E-state index contributed by atoms with van der Waals surface area (Å²) in [6.07, 6.45) is 1.84. The Labute approximate surface area is 149 Å². The van der Waals surface area contributed by atoms with Gasteiger partial charge in [0.1, 0.15) is 5.76 Å². The zero-order valence-electron chi connectivity index (χ0n) is 14.1. The van der Waals surface area contributed by atoms with Gasteiger partial charge in [0, 0.05) is 12.8 Å². The maximum atomic E-state index is 13.0. The van der Waals surface area contributed by atoms with Crippen molar-refractivity contribution in [1.29, 1.82) is 0 Å². The molecule has 0 radical (unpaired) electrons. The van der Waals surface area contributed by atoms with E-state index in [2.05, 4.69) is 0 Å². The average Bonchev–Trinajstić information content (AvgIpc) is 3.17. The Balaban J connectivity index is 1.72. The fraction of sp³-hybridized carbons (Fsp3) is 0.300. The van der Waals surface area contributed by atoms with Gasteiger partial charge in [-0.2, -0.15) is 0 Å². The second kappa shape index (κ2) is 8.32. The number of benzene rings is 2. The van der Waals surface area contributed by atoms with Crippen LogP contribution in [0.4, 0.5) is 0 Å². The van der Waals surface area contributed by atoms with Gasteiger partial charge in [0.2, 0.25) is 9.84 Å². The first-order valence-electron chi connectivity index (χ1n) is 8.44. The van der Waals surface area contributed by atoms with Gasteiger partial charge < -0.3 is 9.47 Å². The smallest absolute Gasteiger partial charge is 0.206 e. The maximum Gasteiger partial charge on any atom is 0.206 e. The van der Waals surface area contributed by atoms with Crippen molar-refractivity contribution in [2.75, 3.05) is 13.2 Å². The molecule has 0 unspecified atom stereocenters. The molecule has 4 nitrogen and oxygen atoms in total. The second-order valence-electron chi connectivity index (χ2n) is 5.90. The number of ether oxygens (including phenoxy) is 2. The molecular weight excluding hydrogens is 336 g/mol. The fourth-order valence-corrected chi connectivity index (χ4v) is 4.43. The maximum absolute atomic E-state index is 13.0. The summed E-state index contributed by atoms with van der Waals surface area (Å²) in [6, 6.07) is 18.4. The van der Waals surface area contributed by atoms with Gasteiger partial charge in [0.05, 0.1) is 29.6 Å². The summed E-state index contributed by atoms with van der Waals surface area (Å²) in [5, 5.41) is 0. The molecule has 1 heterocycles. The lowest BCUT2D eigenvalue weighted by Crippen LogP contribution is -2.11. The Morgan fingerprint density at radius 1 is 1.00 bits per heavy atom. The lowest BCUT2D eigenvalue weighted by Gasteiger charge is -2.13. The van der Waals surface area contributed by atoms with Crippen LogP contribution >= 0.6 is 0 Å². The van der Waals surface area contributed by atoms with Gasteiger partial charge in [-0.05, 0) is 24.1 Å². The van der Waals surface area contributed by atoms with Gasteiger partial charge in [-0.1, -0.05) is 48.5 Å². The third kappa shape index (κ3) is 4.50. The number of sulfone groups is 1. The van der Waals surface area contributed by atoms with Crippen LogP contribution in [0.1, 0.15) is 24.8 Å². The summed E-state index contributed by atoms with van der Waals surface area (Å²) in [5.41, 5.74) is 1.07. The summed E-state index contributed by atoms with van der Waals surface area (Å²) >= 11 is 0. The van der Waals surface area contributed by atoms with Crippen LogP contribution in [0.3, 0.4) is 0 Å². The van der Waals surface area contributed by atoms with E-state index in [1.165, 1.54) is 0 Å². The summed E-state index contributed by atoms with van der Waals surface area (Å²) in [7, 11) is -3.55. The lowest BCUT2D eigenvalue weighted by molar-refractivity contribution is 0.123. The molecule has 2 aromatic carbocycles. The van der Waals surface area contributed by atoms with Crippen LogP contribution in [0.15, 0.2) is 76.2 Å². The predicted octanol–water partition coefficient (Wildman–Crippen LogP) is 4.09. The van der Waals surface area contributed by atoms with Gasteiger partial charge in [-0.15, -0.1) is 0 Å². The van der Waals surface area contributed by atoms with Crippen molar-refractivity contribution >= 4 is 9.84 Å². The standard InChI is InChI=1S/C20H22O4S/c21-25(22,18-10-5-2-6-11-18)20(19-12-7-14-24-19)13-15-23-16-17-8-3-1-4-9-17/h1-6,8-11H,7,12-16H2/b20-19+. The molecule has 0 saturated carbocycles. The van der Waals surface area contributed by atoms with Crippen molar-refractivity contribution in [3.8, 4) is 0 Å². The number of rotatable bonds is 7. The molecular formula is C20H22O4S.